The van der Waals surface area contributed by atoms with E-state index in [1.165, 1.54) is 11.8 Å². The van der Waals surface area contributed by atoms with Crippen LogP contribution in [0.3, 0.4) is 0 Å². The Bertz CT molecular complexity index is 161. The largest absolute Gasteiger partial charge is 0.288 e. The molecule has 0 heterocycles. The molecule has 0 aromatic carbocycles. The van der Waals surface area contributed by atoms with Gasteiger partial charge in [0.15, 0.2) is 5.12 Å². The van der Waals surface area contributed by atoms with Gasteiger partial charge in [-0.05, 0) is 11.3 Å². The number of hydrogen-bond acceptors (Lipinski definition) is 2. The molecule has 12 heavy (non-hydrogen) atoms. The van der Waals surface area contributed by atoms with Crippen LogP contribution in [0.1, 0.15) is 41.5 Å². The molecule has 72 valence electrons. The van der Waals surface area contributed by atoms with Crippen LogP contribution < -0.4 is 0 Å². The summed E-state index contributed by atoms with van der Waals surface area (Å²) in [5.74, 6) is 0.611. The summed E-state index contributed by atoms with van der Waals surface area (Å²) < 4.78 is 0. The Hall–Kier alpha value is 0.0200. The summed E-state index contributed by atoms with van der Waals surface area (Å²) >= 11 is 1.45. The molecule has 0 bridgehead atoms. The van der Waals surface area contributed by atoms with Crippen molar-refractivity contribution in [1.29, 1.82) is 0 Å². The molecule has 0 radical (unpaired) electrons. The highest BCUT2D eigenvalue weighted by atomic mass is 32.2. The van der Waals surface area contributed by atoms with Crippen LogP contribution in [0, 0.1) is 11.3 Å². The first-order valence-electron chi connectivity index (χ1n) is 4.45. The highest BCUT2D eigenvalue weighted by Gasteiger charge is 2.30. The van der Waals surface area contributed by atoms with Crippen molar-refractivity contribution in [3.63, 3.8) is 0 Å². The fourth-order valence-corrected chi connectivity index (χ4v) is 1.94. The zero-order valence-corrected chi connectivity index (χ0v) is 9.79. The van der Waals surface area contributed by atoms with Gasteiger partial charge in [0.25, 0.3) is 0 Å². The van der Waals surface area contributed by atoms with Gasteiger partial charge in [-0.1, -0.05) is 46.4 Å². The Balaban J connectivity index is 4.24. The maximum atomic E-state index is 10.9. The molecule has 0 saturated heterocycles. The number of carbonyl (C=O) groups excluding carboxylic acids is 1. The second-order valence-corrected chi connectivity index (χ2v) is 5.75. The highest BCUT2D eigenvalue weighted by molar-refractivity contribution is 8.14. The van der Waals surface area contributed by atoms with Crippen molar-refractivity contribution in [3.05, 3.63) is 0 Å². The summed E-state index contributed by atoms with van der Waals surface area (Å²) in [5.41, 5.74) is 0.232. The normalized spacial score (nSPS) is 14.9. The van der Waals surface area contributed by atoms with E-state index in [4.69, 9.17) is 0 Å². The molecule has 0 aliphatic rings. The molecule has 0 aliphatic carbocycles. The van der Waals surface area contributed by atoms with Crippen LogP contribution in [0.4, 0.5) is 0 Å². The van der Waals surface area contributed by atoms with E-state index in [0.29, 0.717) is 11.2 Å². The Labute approximate surface area is 80.3 Å². The van der Waals surface area contributed by atoms with Gasteiger partial charge in [0, 0.05) is 12.2 Å². The van der Waals surface area contributed by atoms with Crippen LogP contribution in [-0.4, -0.2) is 10.4 Å². The van der Waals surface area contributed by atoms with E-state index in [1.807, 2.05) is 0 Å². The van der Waals surface area contributed by atoms with Crippen LogP contribution >= 0.6 is 11.8 Å². The molecule has 1 atom stereocenters. The van der Waals surface area contributed by atoms with Gasteiger partial charge < -0.3 is 0 Å². The fraction of sp³-hybridized carbons (Fsp3) is 0.900. The first-order valence-corrected chi connectivity index (χ1v) is 5.33. The highest BCUT2D eigenvalue weighted by Crippen LogP contribution is 2.37. The molecule has 0 aliphatic heterocycles. The second-order valence-electron chi connectivity index (χ2n) is 4.23. The summed E-state index contributed by atoms with van der Waals surface area (Å²) in [5, 5.41) is 0.617. The third-order valence-corrected chi connectivity index (χ3v) is 4.17. The molecule has 0 amide bonds. The lowest BCUT2D eigenvalue weighted by Crippen LogP contribution is -2.30. The molecule has 0 fully saturated rings. The maximum absolute atomic E-state index is 10.9. The quantitative estimate of drug-likeness (QED) is 0.675. The Morgan fingerprint density at radius 2 is 1.67 bits per heavy atom. The standard InChI is InChI=1S/C10H20OS/c1-7(2)10(5,6)8(3)12-9(4)11/h7-8H,1-6H3. The predicted molar refractivity (Wildman–Crippen MR) is 56.4 cm³/mol. The van der Waals surface area contributed by atoms with Crippen molar-refractivity contribution in [2.45, 2.75) is 46.8 Å². The Morgan fingerprint density at radius 3 is 1.92 bits per heavy atom. The summed E-state index contributed by atoms with van der Waals surface area (Å²) in [6, 6.07) is 0. The van der Waals surface area contributed by atoms with E-state index >= 15 is 0 Å². The van der Waals surface area contributed by atoms with E-state index in [2.05, 4.69) is 34.6 Å². The third-order valence-electron chi connectivity index (χ3n) is 2.88. The molecule has 2 heteroatoms. The molecular weight excluding hydrogens is 168 g/mol. The van der Waals surface area contributed by atoms with Gasteiger partial charge in [0.2, 0.25) is 0 Å². The van der Waals surface area contributed by atoms with Crippen molar-refractivity contribution in [1.82, 2.24) is 0 Å². The molecule has 1 unspecified atom stereocenters. The Kier molecular flexibility index (Phi) is 4.32. The number of thioether (sulfide) groups is 1. The summed E-state index contributed by atoms with van der Waals surface area (Å²) in [7, 11) is 0. The fourth-order valence-electron chi connectivity index (χ4n) is 0.870. The van der Waals surface area contributed by atoms with Crippen LogP contribution in [0.5, 0.6) is 0 Å². The van der Waals surface area contributed by atoms with Gasteiger partial charge in [0.05, 0.1) is 0 Å². The monoisotopic (exact) mass is 188 g/mol. The van der Waals surface area contributed by atoms with Gasteiger partial charge in [-0.2, -0.15) is 0 Å². The first kappa shape index (κ1) is 12.0. The van der Waals surface area contributed by atoms with Crippen molar-refractivity contribution in [2.24, 2.45) is 11.3 Å². The molecule has 0 saturated carbocycles. The smallest absolute Gasteiger partial charge is 0.186 e. The third kappa shape index (κ3) is 3.18. The molecule has 0 spiro atoms. The van der Waals surface area contributed by atoms with Crippen LogP contribution in [0.25, 0.3) is 0 Å². The predicted octanol–water partition coefficient (Wildman–Crippen LogP) is 3.34. The van der Waals surface area contributed by atoms with Crippen molar-refractivity contribution in [3.8, 4) is 0 Å². The van der Waals surface area contributed by atoms with Crippen molar-refractivity contribution < 1.29 is 4.79 Å². The lowest BCUT2D eigenvalue weighted by molar-refractivity contribution is -0.109. The SMILES string of the molecule is CC(=O)SC(C)C(C)(C)C(C)C. The van der Waals surface area contributed by atoms with Gasteiger partial charge >= 0.3 is 0 Å². The summed E-state index contributed by atoms with van der Waals surface area (Å²) in [4.78, 5) is 10.9. The van der Waals surface area contributed by atoms with E-state index in [-0.39, 0.29) is 10.5 Å². The molecule has 0 aromatic rings. The first-order chi connectivity index (χ1) is 5.28. The Morgan fingerprint density at radius 1 is 1.25 bits per heavy atom. The average molecular weight is 188 g/mol. The number of rotatable bonds is 3. The molecule has 0 rings (SSSR count). The van der Waals surface area contributed by atoms with Crippen molar-refractivity contribution in [2.75, 3.05) is 0 Å². The summed E-state index contributed by atoms with van der Waals surface area (Å²) in [6.07, 6.45) is 0. The van der Waals surface area contributed by atoms with Crippen LogP contribution in [0.2, 0.25) is 0 Å². The topological polar surface area (TPSA) is 17.1 Å². The van der Waals surface area contributed by atoms with Gasteiger partial charge in [-0.3, -0.25) is 4.79 Å². The maximum Gasteiger partial charge on any atom is 0.186 e. The van der Waals surface area contributed by atoms with Crippen LogP contribution in [0.15, 0.2) is 0 Å². The average Bonchev–Trinajstić information content (AvgIpc) is 1.85. The second kappa shape index (κ2) is 4.31. The zero-order chi connectivity index (χ0) is 9.94. The molecular formula is C10H20OS. The minimum atomic E-state index is 0.219. The van der Waals surface area contributed by atoms with Crippen molar-refractivity contribution >= 4 is 16.9 Å². The van der Waals surface area contributed by atoms with Gasteiger partial charge in [-0.25, -0.2) is 0 Å². The van der Waals surface area contributed by atoms with E-state index in [0.717, 1.165) is 0 Å². The van der Waals surface area contributed by atoms with Gasteiger partial charge in [0.1, 0.15) is 0 Å². The lowest BCUT2D eigenvalue weighted by Gasteiger charge is -2.34. The lowest BCUT2D eigenvalue weighted by atomic mass is 9.78. The van der Waals surface area contributed by atoms with Crippen LogP contribution in [-0.2, 0) is 4.79 Å². The number of carbonyl (C=O) groups is 1. The minimum absolute atomic E-state index is 0.219. The van der Waals surface area contributed by atoms with Gasteiger partial charge in [-0.15, -0.1) is 0 Å². The molecule has 1 nitrogen and oxygen atoms in total. The minimum Gasteiger partial charge on any atom is -0.288 e. The number of hydrogen-bond donors (Lipinski definition) is 0. The molecule has 0 aromatic heterocycles. The summed E-state index contributed by atoms with van der Waals surface area (Å²) in [6.45, 7) is 12.6. The molecule has 0 N–H and O–H groups in total. The zero-order valence-electron chi connectivity index (χ0n) is 8.97. The van der Waals surface area contributed by atoms with E-state index < -0.39 is 0 Å². The van der Waals surface area contributed by atoms with E-state index in [9.17, 15) is 4.79 Å². The van der Waals surface area contributed by atoms with E-state index in [1.54, 1.807) is 6.92 Å².